The molecule has 4 nitrogen and oxygen atoms in total. The summed E-state index contributed by atoms with van der Waals surface area (Å²) in [4.78, 5) is 4.31. The van der Waals surface area contributed by atoms with E-state index in [1.165, 1.54) is 24.2 Å². The largest absolute Gasteiger partial charge is 0.496 e. The van der Waals surface area contributed by atoms with Crippen molar-refractivity contribution in [2.45, 2.75) is 38.0 Å². The van der Waals surface area contributed by atoms with Gasteiger partial charge in [0.2, 0.25) is 0 Å². The predicted molar refractivity (Wildman–Crippen MR) is 111 cm³/mol. The number of methoxy groups -OCH3 is 1. The maximum absolute atomic E-state index is 5.29. The number of aliphatic imine (C=N–C) groups is 1. The molecule has 0 aromatic heterocycles. The molecule has 2 N–H and O–H groups in total. The van der Waals surface area contributed by atoms with E-state index in [9.17, 15) is 0 Å². The van der Waals surface area contributed by atoms with E-state index in [4.69, 9.17) is 4.74 Å². The molecule has 1 aliphatic rings. The quantitative estimate of drug-likeness (QED) is 0.410. The molecular weight excluding hydrogens is 421 g/mol. The number of benzene rings is 1. The van der Waals surface area contributed by atoms with Gasteiger partial charge in [-0.1, -0.05) is 12.1 Å². The molecule has 6 heteroatoms. The van der Waals surface area contributed by atoms with Crippen molar-refractivity contribution >= 4 is 41.7 Å². The number of ether oxygens (including phenoxy) is 1. The number of rotatable bonds is 5. The van der Waals surface area contributed by atoms with E-state index in [-0.39, 0.29) is 24.0 Å². The zero-order valence-corrected chi connectivity index (χ0v) is 17.6. The first-order valence-corrected chi connectivity index (χ1v) is 8.77. The van der Waals surface area contributed by atoms with E-state index < -0.39 is 0 Å². The summed E-state index contributed by atoms with van der Waals surface area (Å²) < 4.78 is 5.64. The van der Waals surface area contributed by atoms with Crippen molar-refractivity contribution in [2.24, 2.45) is 4.99 Å². The fourth-order valence-corrected chi connectivity index (χ4v) is 3.95. The van der Waals surface area contributed by atoms with Gasteiger partial charge < -0.3 is 15.4 Å². The van der Waals surface area contributed by atoms with Crippen LogP contribution in [0.4, 0.5) is 0 Å². The van der Waals surface area contributed by atoms with Gasteiger partial charge in [-0.05, 0) is 49.6 Å². The smallest absolute Gasteiger partial charge is 0.191 e. The second kappa shape index (κ2) is 9.61. The molecule has 1 aliphatic heterocycles. The Morgan fingerprint density at radius 1 is 1.39 bits per heavy atom. The molecule has 1 unspecified atom stereocenters. The topological polar surface area (TPSA) is 45.7 Å². The average Bonchev–Trinajstić information content (AvgIpc) is 2.94. The van der Waals surface area contributed by atoms with Crippen LogP contribution in [0.3, 0.4) is 0 Å². The molecule has 0 spiro atoms. The molecule has 1 aromatic carbocycles. The summed E-state index contributed by atoms with van der Waals surface area (Å²) in [6.45, 7) is 6.11. The van der Waals surface area contributed by atoms with Gasteiger partial charge in [0.1, 0.15) is 5.75 Å². The number of nitrogens with zero attached hydrogens (tertiary/aromatic N) is 1. The summed E-state index contributed by atoms with van der Waals surface area (Å²) in [6, 6.07) is 6.24. The average molecular weight is 449 g/mol. The zero-order valence-electron chi connectivity index (χ0n) is 14.4. The molecule has 0 amide bonds. The van der Waals surface area contributed by atoms with Crippen LogP contribution in [0.1, 0.15) is 30.9 Å². The lowest BCUT2D eigenvalue weighted by atomic mass is 10.1. The molecule has 23 heavy (non-hydrogen) atoms. The first-order valence-electron chi connectivity index (χ1n) is 7.78. The standard InChI is InChI=1S/C17H27N3OS.HI/c1-13-10-14(6-7-15(13)21-4)11-19-16(18-3)20-12-17(2)8-5-9-22-17;/h6-7,10H,5,8-9,11-12H2,1-4H3,(H2,18,19,20);1H. The van der Waals surface area contributed by atoms with Crippen LogP contribution < -0.4 is 15.4 Å². The SMILES string of the molecule is CN=C(NCc1ccc(OC)c(C)c1)NCC1(C)CCCS1.I. The second-order valence-electron chi connectivity index (χ2n) is 5.99. The van der Waals surface area contributed by atoms with Crippen LogP contribution in [-0.4, -0.2) is 37.2 Å². The van der Waals surface area contributed by atoms with Gasteiger partial charge in [-0.2, -0.15) is 11.8 Å². The van der Waals surface area contributed by atoms with Crippen molar-refractivity contribution in [3.63, 3.8) is 0 Å². The fourth-order valence-electron chi connectivity index (χ4n) is 2.70. The Labute approximate surface area is 161 Å². The van der Waals surface area contributed by atoms with E-state index in [1.54, 1.807) is 7.11 Å². The summed E-state index contributed by atoms with van der Waals surface area (Å²) in [5.41, 5.74) is 2.38. The van der Waals surface area contributed by atoms with Crippen LogP contribution in [0.2, 0.25) is 0 Å². The third-order valence-corrected chi connectivity index (χ3v) is 5.61. The number of thioether (sulfide) groups is 1. The first-order chi connectivity index (χ1) is 10.6. The van der Waals surface area contributed by atoms with E-state index in [0.29, 0.717) is 4.75 Å². The number of hydrogen-bond acceptors (Lipinski definition) is 3. The van der Waals surface area contributed by atoms with Crippen LogP contribution in [0, 0.1) is 6.92 Å². The predicted octanol–water partition coefficient (Wildman–Crippen LogP) is 3.57. The zero-order chi connectivity index (χ0) is 16.0. The fraction of sp³-hybridized carbons (Fsp3) is 0.588. The monoisotopic (exact) mass is 449 g/mol. The third kappa shape index (κ3) is 6.06. The highest BCUT2D eigenvalue weighted by atomic mass is 127. The molecule has 0 radical (unpaired) electrons. The number of nitrogens with one attached hydrogen (secondary N) is 2. The highest BCUT2D eigenvalue weighted by Crippen LogP contribution is 2.36. The maximum Gasteiger partial charge on any atom is 0.191 e. The Morgan fingerprint density at radius 3 is 2.74 bits per heavy atom. The number of halogens is 1. The molecule has 0 bridgehead atoms. The highest BCUT2D eigenvalue weighted by molar-refractivity contribution is 14.0. The summed E-state index contributed by atoms with van der Waals surface area (Å²) in [5, 5.41) is 6.83. The molecule has 130 valence electrons. The van der Waals surface area contributed by atoms with Crippen molar-refractivity contribution in [3.05, 3.63) is 29.3 Å². The van der Waals surface area contributed by atoms with Crippen LogP contribution in [0.15, 0.2) is 23.2 Å². The van der Waals surface area contributed by atoms with Gasteiger partial charge in [-0.15, -0.1) is 24.0 Å². The minimum absolute atomic E-state index is 0. The van der Waals surface area contributed by atoms with Crippen LogP contribution in [-0.2, 0) is 6.54 Å². The Morgan fingerprint density at radius 2 is 2.17 bits per heavy atom. The van der Waals surface area contributed by atoms with Crippen LogP contribution in [0.5, 0.6) is 5.75 Å². The number of guanidine groups is 1. The Balaban J connectivity index is 0.00000264. The van der Waals surface area contributed by atoms with Crippen molar-refractivity contribution < 1.29 is 4.74 Å². The molecule has 0 aliphatic carbocycles. The van der Waals surface area contributed by atoms with Crippen molar-refractivity contribution in [1.29, 1.82) is 0 Å². The Hall–Kier alpha value is -0.630. The molecule has 1 heterocycles. The van der Waals surface area contributed by atoms with Crippen molar-refractivity contribution in [1.82, 2.24) is 10.6 Å². The molecular formula is C17H28IN3OS. The van der Waals surface area contributed by atoms with Crippen LogP contribution in [0.25, 0.3) is 0 Å². The Kier molecular flexibility index (Phi) is 8.53. The summed E-state index contributed by atoms with van der Waals surface area (Å²) in [7, 11) is 3.52. The summed E-state index contributed by atoms with van der Waals surface area (Å²) in [6.07, 6.45) is 2.60. The lowest BCUT2D eigenvalue weighted by Crippen LogP contribution is -2.43. The first kappa shape index (κ1) is 20.4. The summed E-state index contributed by atoms with van der Waals surface area (Å²) in [5.74, 6) is 3.06. The molecule has 1 aromatic rings. The van der Waals surface area contributed by atoms with E-state index in [0.717, 1.165) is 30.4 Å². The highest BCUT2D eigenvalue weighted by Gasteiger charge is 2.29. The van der Waals surface area contributed by atoms with Gasteiger partial charge in [0, 0.05) is 24.9 Å². The van der Waals surface area contributed by atoms with Crippen LogP contribution >= 0.6 is 35.7 Å². The van der Waals surface area contributed by atoms with Gasteiger partial charge >= 0.3 is 0 Å². The van der Waals surface area contributed by atoms with Crippen molar-refractivity contribution in [3.8, 4) is 5.75 Å². The normalized spacial score (nSPS) is 20.8. The van der Waals surface area contributed by atoms with Gasteiger partial charge in [0.15, 0.2) is 5.96 Å². The van der Waals surface area contributed by atoms with Gasteiger partial charge in [-0.3, -0.25) is 4.99 Å². The van der Waals surface area contributed by atoms with E-state index in [1.807, 2.05) is 13.1 Å². The molecule has 1 saturated heterocycles. The maximum atomic E-state index is 5.29. The lowest BCUT2D eigenvalue weighted by molar-refractivity contribution is 0.411. The lowest BCUT2D eigenvalue weighted by Gasteiger charge is -2.24. The third-order valence-electron chi connectivity index (χ3n) is 4.07. The molecule has 2 rings (SSSR count). The molecule has 0 saturated carbocycles. The molecule has 1 fully saturated rings. The van der Waals surface area contributed by atoms with E-state index >= 15 is 0 Å². The molecule has 1 atom stereocenters. The second-order valence-corrected chi connectivity index (χ2v) is 7.67. The van der Waals surface area contributed by atoms with Gasteiger partial charge in [-0.25, -0.2) is 0 Å². The van der Waals surface area contributed by atoms with Crippen molar-refractivity contribution in [2.75, 3.05) is 26.5 Å². The van der Waals surface area contributed by atoms with E-state index in [2.05, 4.69) is 53.4 Å². The van der Waals surface area contributed by atoms with Gasteiger partial charge in [0.25, 0.3) is 0 Å². The van der Waals surface area contributed by atoms with Gasteiger partial charge in [0.05, 0.1) is 7.11 Å². The number of aryl methyl sites for hydroxylation is 1. The minimum Gasteiger partial charge on any atom is -0.496 e. The Bertz CT molecular complexity index is 531. The summed E-state index contributed by atoms with van der Waals surface area (Å²) >= 11 is 2.06. The minimum atomic E-state index is 0. The number of hydrogen-bond donors (Lipinski definition) is 2.